The Kier molecular flexibility index (Phi) is 1.62. The van der Waals surface area contributed by atoms with Gasteiger partial charge in [0.25, 0.3) is 12.2 Å². The predicted octanol–water partition coefficient (Wildman–Crippen LogP) is 0.335. The molecule has 0 amide bonds. The SMILES string of the molecule is CC(=O)c1coc([C]=O)n1. The summed E-state index contributed by atoms with van der Waals surface area (Å²) >= 11 is 0. The van der Waals surface area contributed by atoms with Crippen LogP contribution in [0, 0.1) is 0 Å². The third kappa shape index (κ3) is 1.10. The molecule has 0 aromatic carbocycles. The van der Waals surface area contributed by atoms with Crippen molar-refractivity contribution in [3.05, 3.63) is 17.8 Å². The Labute approximate surface area is 56.9 Å². The van der Waals surface area contributed by atoms with Crippen LogP contribution in [0.15, 0.2) is 10.7 Å². The minimum atomic E-state index is -0.231. The van der Waals surface area contributed by atoms with Crippen LogP contribution in [-0.2, 0) is 4.79 Å². The molecule has 0 spiro atoms. The van der Waals surface area contributed by atoms with Gasteiger partial charge in [0.05, 0.1) is 0 Å². The highest BCUT2D eigenvalue weighted by Gasteiger charge is 2.05. The topological polar surface area (TPSA) is 60.2 Å². The molecule has 0 aliphatic carbocycles. The van der Waals surface area contributed by atoms with E-state index in [1.54, 1.807) is 0 Å². The summed E-state index contributed by atoms with van der Waals surface area (Å²) < 4.78 is 4.52. The molecule has 1 aromatic heterocycles. The monoisotopic (exact) mass is 138 g/mol. The molecule has 0 unspecified atom stereocenters. The summed E-state index contributed by atoms with van der Waals surface area (Å²) in [4.78, 5) is 23.9. The third-order valence-corrected chi connectivity index (χ3v) is 0.952. The molecule has 0 N–H and O–H groups in total. The number of carbonyl (C=O) groups is 1. The largest absolute Gasteiger partial charge is 0.441 e. The zero-order chi connectivity index (χ0) is 7.56. The van der Waals surface area contributed by atoms with Crippen molar-refractivity contribution in [1.29, 1.82) is 0 Å². The highest BCUT2D eigenvalue weighted by molar-refractivity contribution is 5.92. The summed E-state index contributed by atoms with van der Waals surface area (Å²) in [6.45, 7) is 1.34. The number of carbonyl (C=O) groups excluding carboxylic acids is 2. The fraction of sp³-hybridized carbons (Fsp3) is 0.167. The predicted molar refractivity (Wildman–Crippen MR) is 31.3 cm³/mol. The molecule has 1 radical (unpaired) electrons. The van der Waals surface area contributed by atoms with Crippen LogP contribution < -0.4 is 0 Å². The van der Waals surface area contributed by atoms with E-state index in [2.05, 4.69) is 9.40 Å². The second-order valence-electron chi connectivity index (χ2n) is 1.70. The van der Waals surface area contributed by atoms with E-state index in [9.17, 15) is 9.59 Å². The van der Waals surface area contributed by atoms with Crippen molar-refractivity contribution in [3.63, 3.8) is 0 Å². The quantitative estimate of drug-likeness (QED) is 0.552. The molecular formula is C6H4NO3. The smallest absolute Gasteiger partial charge is 0.293 e. The van der Waals surface area contributed by atoms with Crippen LogP contribution >= 0.6 is 0 Å². The molecule has 0 bridgehead atoms. The van der Waals surface area contributed by atoms with E-state index in [1.807, 2.05) is 0 Å². The van der Waals surface area contributed by atoms with E-state index in [4.69, 9.17) is 0 Å². The highest BCUT2D eigenvalue weighted by atomic mass is 16.3. The Bertz CT molecular complexity index is 264. The molecule has 51 valence electrons. The Morgan fingerprint density at radius 2 is 2.50 bits per heavy atom. The van der Waals surface area contributed by atoms with Gasteiger partial charge in [0.1, 0.15) is 12.0 Å². The van der Waals surface area contributed by atoms with Crippen molar-refractivity contribution in [3.8, 4) is 0 Å². The molecule has 0 aliphatic rings. The lowest BCUT2D eigenvalue weighted by Gasteiger charge is -1.77. The molecule has 0 aliphatic heterocycles. The number of rotatable bonds is 2. The van der Waals surface area contributed by atoms with Crippen LogP contribution in [-0.4, -0.2) is 17.1 Å². The van der Waals surface area contributed by atoms with E-state index in [0.29, 0.717) is 0 Å². The molecule has 1 heterocycles. The Hall–Kier alpha value is -1.45. The van der Waals surface area contributed by atoms with Crippen molar-refractivity contribution in [2.75, 3.05) is 0 Å². The summed E-state index contributed by atoms with van der Waals surface area (Å²) in [5.74, 6) is -0.421. The maximum absolute atomic E-state index is 10.5. The van der Waals surface area contributed by atoms with Gasteiger partial charge in [0.15, 0.2) is 5.78 Å². The van der Waals surface area contributed by atoms with Crippen molar-refractivity contribution < 1.29 is 14.0 Å². The van der Waals surface area contributed by atoms with Gasteiger partial charge in [-0.1, -0.05) is 0 Å². The van der Waals surface area contributed by atoms with Crippen LogP contribution in [0.1, 0.15) is 23.3 Å². The van der Waals surface area contributed by atoms with E-state index < -0.39 is 0 Å². The normalized spacial score (nSPS) is 9.30. The Morgan fingerprint density at radius 1 is 1.80 bits per heavy atom. The van der Waals surface area contributed by atoms with Gasteiger partial charge < -0.3 is 4.42 Å². The van der Waals surface area contributed by atoms with Gasteiger partial charge in [0.2, 0.25) is 0 Å². The van der Waals surface area contributed by atoms with Gasteiger partial charge in [-0.15, -0.1) is 0 Å². The number of Topliss-reactive ketones (excluding diaryl/α,β-unsaturated/α-hetero) is 1. The van der Waals surface area contributed by atoms with Gasteiger partial charge in [-0.05, 0) is 0 Å². The maximum Gasteiger partial charge on any atom is 0.293 e. The van der Waals surface area contributed by atoms with Crippen LogP contribution in [0.3, 0.4) is 0 Å². The summed E-state index contributed by atoms with van der Waals surface area (Å²) in [5.41, 5.74) is 0.151. The van der Waals surface area contributed by atoms with Crippen molar-refractivity contribution in [2.24, 2.45) is 0 Å². The maximum atomic E-state index is 10.5. The van der Waals surface area contributed by atoms with Crippen molar-refractivity contribution >= 4 is 12.1 Å². The highest BCUT2D eigenvalue weighted by Crippen LogP contribution is 1.99. The second-order valence-corrected chi connectivity index (χ2v) is 1.70. The molecule has 0 saturated heterocycles. The summed E-state index contributed by atoms with van der Waals surface area (Å²) in [5, 5.41) is 0. The van der Waals surface area contributed by atoms with Crippen LogP contribution in [0.4, 0.5) is 0 Å². The standard InChI is InChI=1S/C6H4NO3/c1-4(9)5-3-10-6(2-8)7-5/h3H,1H3. The van der Waals surface area contributed by atoms with Crippen LogP contribution in [0.5, 0.6) is 0 Å². The zero-order valence-electron chi connectivity index (χ0n) is 5.25. The lowest BCUT2D eigenvalue weighted by atomic mass is 10.3. The molecule has 4 nitrogen and oxygen atoms in total. The minimum absolute atomic E-state index is 0.151. The average molecular weight is 138 g/mol. The van der Waals surface area contributed by atoms with Crippen LogP contribution in [0.2, 0.25) is 0 Å². The first kappa shape index (κ1) is 6.67. The summed E-state index contributed by atoms with van der Waals surface area (Å²) in [6.07, 6.45) is 2.55. The van der Waals surface area contributed by atoms with Gasteiger partial charge in [0, 0.05) is 6.92 Å². The first-order valence-electron chi connectivity index (χ1n) is 2.58. The number of oxazole rings is 1. The number of hydrogen-bond acceptors (Lipinski definition) is 4. The van der Waals surface area contributed by atoms with Crippen molar-refractivity contribution in [1.82, 2.24) is 4.98 Å². The Morgan fingerprint density at radius 3 is 2.80 bits per heavy atom. The molecule has 1 aromatic rings. The fourth-order valence-electron chi connectivity index (χ4n) is 0.482. The van der Waals surface area contributed by atoms with E-state index in [1.165, 1.54) is 13.2 Å². The summed E-state index contributed by atoms with van der Waals surface area (Å²) in [7, 11) is 0. The van der Waals surface area contributed by atoms with Gasteiger partial charge in [-0.25, -0.2) is 4.98 Å². The van der Waals surface area contributed by atoms with Gasteiger partial charge in [-0.2, -0.15) is 0 Å². The Balaban J connectivity index is 2.98. The van der Waals surface area contributed by atoms with Crippen LogP contribution in [0.25, 0.3) is 0 Å². The van der Waals surface area contributed by atoms with E-state index >= 15 is 0 Å². The van der Waals surface area contributed by atoms with Gasteiger partial charge in [-0.3, -0.25) is 9.59 Å². The number of aromatic nitrogens is 1. The van der Waals surface area contributed by atoms with Gasteiger partial charge >= 0.3 is 0 Å². The summed E-state index contributed by atoms with van der Waals surface area (Å²) in [6, 6.07) is 0. The average Bonchev–Trinajstić information content (AvgIpc) is 2.34. The molecule has 0 atom stereocenters. The van der Waals surface area contributed by atoms with Crippen molar-refractivity contribution in [2.45, 2.75) is 6.92 Å². The molecular weight excluding hydrogens is 134 g/mol. The first-order chi connectivity index (χ1) is 4.74. The number of hydrogen-bond donors (Lipinski definition) is 0. The molecule has 4 heteroatoms. The third-order valence-electron chi connectivity index (χ3n) is 0.952. The molecule has 10 heavy (non-hydrogen) atoms. The molecule has 1 rings (SSSR count). The molecule has 0 saturated carbocycles. The first-order valence-corrected chi connectivity index (χ1v) is 2.58. The second kappa shape index (κ2) is 2.43. The lowest BCUT2D eigenvalue weighted by molar-refractivity contribution is 0.101. The fourth-order valence-corrected chi connectivity index (χ4v) is 0.482. The zero-order valence-corrected chi connectivity index (χ0v) is 5.25. The van der Waals surface area contributed by atoms with E-state index in [0.717, 1.165) is 6.26 Å². The molecule has 0 fully saturated rings. The number of nitrogens with zero attached hydrogens (tertiary/aromatic N) is 1. The minimum Gasteiger partial charge on any atom is -0.441 e. The number of ketones is 1. The lowest BCUT2D eigenvalue weighted by Crippen LogP contribution is -1.91. The van der Waals surface area contributed by atoms with E-state index in [-0.39, 0.29) is 17.4 Å².